The normalized spacial score (nSPS) is 37.2. The number of hydrogen-bond acceptors (Lipinski definition) is 10. The fourth-order valence-corrected chi connectivity index (χ4v) is 12.0. The Hall–Kier alpha value is -1.06. The van der Waals surface area contributed by atoms with E-state index in [1.54, 1.807) is 34.6 Å². The third-order valence-corrected chi connectivity index (χ3v) is 14.4. The fraction of sp³-hybridized carbons (Fsp3) is 0.871. The summed E-state index contributed by atoms with van der Waals surface area (Å²) < 4.78 is 60.2. The van der Waals surface area contributed by atoms with Crippen LogP contribution in [0, 0.1) is 57.2 Å². The molecule has 4 aliphatic rings. The lowest BCUT2D eigenvalue weighted by atomic mass is 9.46. The maximum absolute atomic E-state index is 13.4. The highest BCUT2D eigenvalue weighted by Crippen LogP contribution is 2.70. The Labute approximate surface area is 258 Å². The second-order valence-corrected chi connectivity index (χ2v) is 16.3. The van der Waals surface area contributed by atoms with Gasteiger partial charge >= 0.3 is 15.6 Å². The van der Waals surface area contributed by atoms with Gasteiger partial charge < -0.3 is 0 Å². The number of hydrogen-bond donors (Lipinski definition) is 0. The first kappa shape index (κ1) is 34.8. The average molecular weight is 641 g/mol. The van der Waals surface area contributed by atoms with Gasteiger partial charge in [-0.15, -0.1) is 0 Å². The lowest BCUT2D eigenvalue weighted by Crippen LogP contribution is -2.54. The molecule has 43 heavy (non-hydrogen) atoms. The van der Waals surface area contributed by atoms with E-state index in [1.165, 1.54) is 5.57 Å². The van der Waals surface area contributed by atoms with Gasteiger partial charge in [0.05, 0.1) is 32.5 Å². The number of allylic oxidation sites excluding steroid dienone is 1. The zero-order valence-electron chi connectivity index (χ0n) is 26.9. The van der Waals surface area contributed by atoms with Gasteiger partial charge in [0, 0.05) is 5.92 Å². The third-order valence-electron chi connectivity index (χ3n) is 11.0. The molecule has 0 spiro atoms. The first-order valence-electron chi connectivity index (χ1n) is 16.0. The summed E-state index contributed by atoms with van der Waals surface area (Å²) in [6, 6.07) is 4.68. The maximum Gasteiger partial charge on any atom is 0.476 e. The van der Waals surface area contributed by atoms with Crippen molar-refractivity contribution in [3.05, 3.63) is 11.6 Å². The average Bonchev–Trinajstić information content (AvgIpc) is 3.31. The predicted molar refractivity (Wildman–Crippen MR) is 161 cm³/mol. The highest BCUT2D eigenvalue weighted by molar-refractivity contribution is 7.48. The number of fused-ring (bicyclic) bond motifs is 5. The molecule has 0 aromatic heterocycles. The summed E-state index contributed by atoms with van der Waals surface area (Å²) in [6.07, 6.45) is 8.54. The van der Waals surface area contributed by atoms with Crippen LogP contribution in [0.3, 0.4) is 0 Å². The molecule has 242 valence electrons. The van der Waals surface area contributed by atoms with Crippen LogP contribution in [0.2, 0.25) is 0 Å². The van der Waals surface area contributed by atoms with Gasteiger partial charge in [-0.2, -0.15) is 10.5 Å². The first-order valence-corrected chi connectivity index (χ1v) is 18.9. The Morgan fingerprint density at radius 1 is 0.860 bits per heavy atom. The number of nitrogens with zero attached hydrogens (tertiary/aromatic N) is 2. The van der Waals surface area contributed by atoms with E-state index in [-0.39, 0.29) is 43.2 Å². The summed E-state index contributed by atoms with van der Waals surface area (Å²) in [4.78, 5) is 0. The van der Waals surface area contributed by atoms with Gasteiger partial charge in [0.1, 0.15) is 6.07 Å². The Balaban J connectivity index is 1.59. The summed E-state index contributed by atoms with van der Waals surface area (Å²) >= 11 is 0. The second kappa shape index (κ2) is 13.0. The van der Waals surface area contributed by atoms with Crippen molar-refractivity contribution in [2.24, 2.45) is 34.5 Å². The molecule has 12 heteroatoms. The van der Waals surface area contributed by atoms with Crippen molar-refractivity contribution in [2.75, 3.05) is 26.4 Å². The molecular formula is C31H50N2O8P2. The third kappa shape index (κ3) is 6.34. The van der Waals surface area contributed by atoms with Crippen LogP contribution in [0.4, 0.5) is 0 Å². The van der Waals surface area contributed by atoms with Crippen molar-refractivity contribution in [3.63, 3.8) is 0 Å². The number of phosphoric ester groups is 2. The molecule has 5 unspecified atom stereocenters. The van der Waals surface area contributed by atoms with Crippen LogP contribution in [0.25, 0.3) is 0 Å². The van der Waals surface area contributed by atoms with E-state index in [2.05, 4.69) is 26.0 Å². The smallest absolute Gasteiger partial charge is 0.287 e. The Morgan fingerprint density at radius 2 is 1.47 bits per heavy atom. The minimum atomic E-state index is -3.89. The van der Waals surface area contributed by atoms with Crippen LogP contribution >= 0.6 is 15.6 Å². The maximum atomic E-state index is 13.4. The fourth-order valence-electron chi connectivity index (χ4n) is 9.20. The van der Waals surface area contributed by atoms with Gasteiger partial charge in [0.25, 0.3) is 0 Å². The molecule has 3 saturated carbocycles. The second-order valence-electron chi connectivity index (χ2n) is 13.1. The zero-order valence-corrected chi connectivity index (χ0v) is 28.7. The van der Waals surface area contributed by atoms with Crippen LogP contribution in [-0.2, 0) is 36.3 Å². The molecule has 0 aromatic carbocycles. The van der Waals surface area contributed by atoms with Gasteiger partial charge in [-0.1, -0.05) is 19.4 Å². The molecule has 0 bridgehead atoms. The van der Waals surface area contributed by atoms with Crippen molar-refractivity contribution in [1.29, 1.82) is 10.5 Å². The monoisotopic (exact) mass is 640 g/mol. The van der Waals surface area contributed by atoms with E-state index in [0.717, 1.165) is 44.9 Å². The highest BCUT2D eigenvalue weighted by Gasteiger charge is 2.64. The van der Waals surface area contributed by atoms with Crippen molar-refractivity contribution < 1.29 is 36.3 Å². The topological polar surface area (TPSA) is 137 Å². The van der Waals surface area contributed by atoms with Crippen molar-refractivity contribution in [1.82, 2.24) is 0 Å². The van der Waals surface area contributed by atoms with E-state index >= 15 is 0 Å². The number of rotatable bonds is 13. The van der Waals surface area contributed by atoms with Gasteiger partial charge in [0.2, 0.25) is 0 Å². The largest absolute Gasteiger partial charge is 0.476 e. The summed E-state index contributed by atoms with van der Waals surface area (Å²) in [5.41, 5.74) is -1.75. The standard InChI is InChI=1S/C31H50N2O8P2/c1-8-36-42(34,37-9-2)40-30(7,21-32)27-15-14-25-24-13-12-23-20-31(22-33,41-43(35,38-10-3)39-11-4)19-18-28(23,5)26(24)16-17-29(25,27)6/h20,24-27H,8-19H2,1-7H3/t24?,25?,26?,27-,28-,29-,30?,31?/m0/s1. The Bertz CT molecular complexity index is 1230. The minimum Gasteiger partial charge on any atom is -0.287 e. The van der Waals surface area contributed by atoms with Gasteiger partial charge in [0.15, 0.2) is 11.2 Å². The van der Waals surface area contributed by atoms with Crippen LogP contribution in [0.5, 0.6) is 0 Å². The van der Waals surface area contributed by atoms with Crippen LogP contribution in [0.1, 0.15) is 99.8 Å². The van der Waals surface area contributed by atoms with Crippen molar-refractivity contribution in [3.8, 4) is 12.1 Å². The SMILES string of the molecule is CCOP(=O)(OCC)OC1(C#N)C=C2CCC3C(CC[C@@]4(C)C3CC[C@@H]4C(C)(C#N)OP(=O)(OCC)OCC)[C@@]2(C)CC1. The molecule has 0 radical (unpaired) electrons. The van der Waals surface area contributed by atoms with Gasteiger partial charge in [-0.3, -0.25) is 27.1 Å². The number of nitriles is 2. The van der Waals surface area contributed by atoms with Crippen LogP contribution in [0.15, 0.2) is 11.6 Å². The Kier molecular flexibility index (Phi) is 10.5. The molecule has 8 atom stereocenters. The molecule has 4 rings (SSSR count). The highest BCUT2D eigenvalue weighted by atomic mass is 31.2. The van der Waals surface area contributed by atoms with E-state index in [1.807, 2.05) is 6.08 Å². The van der Waals surface area contributed by atoms with Gasteiger partial charge in [-0.05, 0) is 121 Å². The molecule has 0 saturated heterocycles. The van der Waals surface area contributed by atoms with Gasteiger partial charge in [-0.25, -0.2) is 9.13 Å². The van der Waals surface area contributed by atoms with Crippen molar-refractivity contribution >= 4 is 15.6 Å². The molecule has 0 aromatic rings. The Morgan fingerprint density at radius 3 is 2.02 bits per heavy atom. The number of phosphoric acid groups is 2. The van der Waals surface area contributed by atoms with Crippen LogP contribution in [-0.4, -0.2) is 37.6 Å². The van der Waals surface area contributed by atoms with E-state index < -0.39 is 26.8 Å². The summed E-state index contributed by atoms with van der Waals surface area (Å²) in [6.45, 7) is 13.9. The summed E-state index contributed by atoms with van der Waals surface area (Å²) in [5.74, 6) is 1.14. The lowest BCUT2D eigenvalue weighted by molar-refractivity contribution is -0.0892. The molecule has 0 amide bonds. The molecule has 0 aliphatic heterocycles. The molecule has 4 aliphatic carbocycles. The molecule has 0 N–H and O–H groups in total. The quantitative estimate of drug-likeness (QED) is 0.142. The van der Waals surface area contributed by atoms with E-state index in [4.69, 9.17) is 27.1 Å². The first-order chi connectivity index (χ1) is 20.3. The van der Waals surface area contributed by atoms with E-state index in [9.17, 15) is 19.7 Å². The molecule has 0 heterocycles. The van der Waals surface area contributed by atoms with E-state index in [0.29, 0.717) is 24.2 Å². The van der Waals surface area contributed by atoms with Crippen molar-refractivity contribution in [2.45, 2.75) is 111 Å². The predicted octanol–water partition coefficient (Wildman–Crippen LogP) is 8.51. The molecule has 3 fully saturated rings. The summed E-state index contributed by atoms with van der Waals surface area (Å²) in [7, 11) is -7.78. The molecule has 10 nitrogen and oxygen atoms in total. The van der Waals surface area contributed by atoms with Crippen LogP contribution < -0.4 is 0 Å². The zero-order chi connectivity index (χ0) is 31.7. The lowest BCUT2D eigenvalue weighted by Gasteiger charge is -2.59. The molecular weight excluding hydrogens is 590 g/mol. The minimum absolute atomic E-state index is 0.109. The summed E-state index contributed by atoms with van der Waals surface area (Å²) in [5, 5.41) is 20.7.